The van der Waals surface area contributed by atoms with Crippen LogP contribution in [0.25, 0.3) is 0 Å². The van der Waals surface area contributed by atoms with Crippen LogP contribution in [-0.4, -0.2) is 26.8 Å². The lowest BCUT2D eigenvalue weighted by Crippen LogP contribution is -2.56. The minimum Gasteiger partial charge on any atom is -0.477 e. The number of rotatable bonds is 4. The van der Waals surface area contributed by atoms with E-state index in [9.17, 15) is 31.9 Å². The second kappa shape index (κ2) is 4.54. The van der Waals surface area contributed by atoms with Crippen molar-refractivity contribution in [1.29, 1.82) is 0 Å². The Hall–Kier alpha value is -1.67. The number of aromatic carboxylic acids is 1. The smallest absolute Gasteiger partial charge is 0.420 e. The average molecular weight is 364 g/mol. The first-order valence-corrected chi connectivity index (χ1v) is 8.14. The van der Waals surface area contributed by atoms with Crippen molar-refractivity contribution in [3.8, 4) is 0 Å². The van der Waals surface area contributed by atoms with Gasteiger partial charge in [0, 0.05) is 24.8 Å². The SMILES string of the molecule is CC1(Cn2nc(C34CC(C3)C4)c(C(F)(F)F)c2C(=O)O)CC(F)(F)C1. The van der Waals surface area contributed by atoms with Gasteiger partial charge in [-0.1, -0.05) is 6.92 Å². The van der Waals surface area contributed by atoms with Crippen LogP contribution in [0.1, 0.15) is 60.8 Å². The summed E-state index contributed by atoms with van der Waals surface area (Å²) in [6.45, 7) is 1.26. The number of carboxylic acids is 1. The van der Waals surface area contributed by atoms with E-state index >= 15 is 0 Å². The van der Waals surface area contributed by atoms with Crippen LogP contribution in [0.2, 0.25) is 0 Å². The highest BCUT2D eigenvalue weighted by molar-refractivity contribution is 5.88. The fourth-order valence-electron chi connectivity index (χ4n) is 4.87. The van der Waals surface area contributed by atoms with Crippen LogP contribution in [0, 0.1) is 11.3 Å². The summed E-state index contributed by atoms with van der Waals surface area (Å²) in [5.74, 6) is -4.19. The normalized spacial score (nSPS) is 31.7. The van der Waals surface area contributed by atoms with E-state index in [2.05, 4.69) is 5.10 Å². The van der Waals surface area contributed by atoms with E-state index < -0.39 is 53.0 Å². The van der Waals surface area contributed by atoms with Gasteiger partial charge in [0.25, 0.3) is 0 Å². The molecule has 4 aliphatic carbocycles. The van der Waals surface area contributed by atoms with Gasteiger partial charge < -0.3 is 5.11 Å². The third-order valence-corrected chi connectivity index (χ3v) is 5.88. The highest BCUT2D eigenvalue weighted by Crippen LogP contribution is 2.66. The summed E-state index contributed by atoms with van der Waals surface area (Å²) in [6.07, 6.45) is -4.06. The number of carboxylic acid groups (broad SMARTS) is 1. The zero-order valence-electron chi connectivity index (χ0n) is 13.5. The molecule has 1 N–H and O–H groups in total. The first-order chi connectivity index (χ1) is 11.3. The first-order valence-electron chi connectivity index (χ1n) is 8.14. The molecule has 1 heterocycles. The van der Waals surface area contributed by atoms with Crippen molar-refractivity contribution in [3.63, 3.8) is 0 Å². The molecule has 0 saturated heterocycles. The molecule has 5 rings (SSSR count). The highest BCUT2D eigenvalue weighted by atomic mass is 19.4. The van der Waals surface area contributed by atoms with Crippen LogP contribution in [0.3, 0.4) is 0 Å². The Bertz CT molecular complexity index is 742. The molecule has 0 amide bonds. The van der Waals surface area contributed by atoms with E-state index in [4.69, 9.17) is 0 Å². The van der Waals surface area contributed by atoms with Crippen LogP contribution in [0.15, 0.2) is 0 Å². The molecule has 0 spiro atoms. The third kappa shape index (κ3) is 2.38. The molecule has 1 aromatic heterocycles. The van der Waals surface area contributed by atoms with Gasteiger partial charge in [-0.05, 0) is 30.6 Å². The fourth-order valence-corrected chi connectivity index (χ4v) is 4.87. The molecule has 138 valence electrons. The zero-order valence-corrected chi connectivity index (χ0v) is 13.5. The molecule has 4 saturated carbocycles. The molecule has 0 radical (unpaired) electrons. The van der Waals surface area contributed by atoms with Gasteiger partial charge in [0.05, 0.1) is 5.69 Å². The zero-order chi connectivity index (χ0) is 18.4. The molecule has 25 heavy (non-hydrogen) atoms. The van der Waals surface area contributed by atoms with E-state index in [1.165, 1.54) is 6.92 Å². The molecule has 2 bridgehead atoms. The molecule has 9 heteroatoms. The van der Waals surface area contributed by atoms with Gasteiger partial charge in [-0.3, -0.25) is 4.68 Å². The standard InChI is InChI=1S/C16H17F5N2O2/c1-13(5-15(17,18)6-13)7-23-10(12(24)25)9(16(19,20)21)11(22-23)14-2-8(3-14)4-14/h8H,2-7H2,1H3,(H,24,25). The largest absolute Gasteiger partial charge is 0.477 e. The maximum Gasteiger partial charge on any atom is 0.420 e. The Morgan fingerprint density at radius 2 is 1.84 bits per heavy atom. The molecule has 0 aromatic carbocycles. The number of aromatic nitrogens is 2. The van der Waals surface area contributed by atoms with Crippen LogP contribution in [0.5, 0.6) is 0 Å². The van der Waals surface area contributed by atoms with E-state index in [-0.39, 0.29) is 12.2 Å². The maximum absolute atomic E-state index is 13.6. The molecule has 1 aromatic rings. The van der Waals surface area contributed by atoms with Crippen molar-refractivity contribution >= 4 is 5.97 Å². The Balaban J connectivity index is 1.78. The van der Waals surface area contributed by atoms with Gasteiger partial charge in [-0.2, -0.15) is 18.3 Å². The number of alkyl halides is 5. The van der Waals surface area contributed by atoms with E-state index in [0.29, 0.717) is 25.2 Å². The summed E-state index contributed by atoms with van der Waals surface area (Å²) in [6, 6.07) is 0. The third-order valence-electron chi connectivity index (χ3n) is 5.88. The summed E-state index contributed by atoms with van der Waals surface area (Å²) in [7, 11) is 0. The number of carbonyl (C=O) groups is 1. The van der Waals surface area contributed by atoms with Crippen molar-refractivity contribution < 1.29 is 31.9 Å². The summed E-state index contributed by atoms with van der Waals surface area (Å²) in [5.41, 5.74) is -3.99. The van der Waals surface area contributed by atoms with Gasteiger partial charge in [0.15, 0.2) is 5.69 Å². The minimum atomic E-state index is -4.85. The lowest BCUT2D eigenvalue weighted by molar-refractivity contribution is -0.160. The number of halogens is 5. The highest BCUT2D eigenvalue weighted by Gasteiger charge is 2.62. The van der Waals surface area contributed by atoms with Crippen molar-refractivity contribution in [2.24, 2.45) is 11.3 Å². The van der Waals surface area contributed by atoms with Crippen molar-refractivity contribution in [2.45, 2.75) is 63.1 Å². The molecule has 0 aliphatic heterocycles. The Labute approximate surface area is 140 Å². The summed E-state index contributed by atoms with van der Waals surface area (Å²) >= 11 is 0. The van der Waals surface area contributed by atoms with Gasteiger partial charge in [0.2, 0.25) is 5.92 Å². The van der Waals surface area contributed by atoms with Crippen molar-refractivity contribution in [2.75, 3.05) is 0 Å². The molecule has 4 aliphatic rings. The number of nitrogens with zero attached hydrogens (tertiary/aromatic N) is 2. The molecule has 4 nitrogen and oxygen atoms in total. The van der Waals surface area contributed by atoms with Gasteiger partial charge in [-0.15, -0.1) is 0 Å². The topological polar surface area (TPSA) is 55.1 Å². The quantitative estimate of drug-likeness (QED) is 0.819. The maximum atomic E-state index is 13.6. The average Bonchev–Trinajstić information content (AvgIpc) is 2.59. The predicted octanol–water partition coefficient (Wildman–Crippen LogP) is 4.09. The molecule has 0 atom stereocenters. The molecule has 4 fully saturated rings. The van der Waals surface area contributed by atoms with Crippen molar-refractivity contribution in [3.05, 3.63) is 17.0 Å². The van der Waals surface area contributed by atoms with Crippen LogP contribution in [-0.2, 0) is 18.1 Å². The van der Waals surface area contributed by atoms with E-state index in [1.54, 1.807) is 0 Å². The Morgan fingerprint density at radius 3 is 2.20 bits per heavy atom. The Kier molecular flexibility index (Phi) is 3.04. The fraction of sp³-hybridized carbons (Fsp3) is 0.750. The van der Waals surface area contributed by atoms with E-state index in [1.807, 2.05) is 0 Å². The second-order valence-electron chi connectivity index (χ2n) is 8.31. The van der Waals surface area contributed by atoms with Gasteiger partial charge >= 0.3 is 12.1 Å². The monoisotopic (exact) mass is 364 g/mol. The molecular formula is C16H17F5N2O2. The second-order valence-corrected chi connectivity index (χ2v) is 8.31. The van der Waals surface area contributed by atoms with Gasteiger partial charge in [0.1, 0.15) is 5.56 Å². The van der Waals surface area contributed by atoms with E-state index in [0.717, 1.165) is 4.68 Å². The molecule has 0 unspecified atom stereocenters. The summed E-state index contributed by atoms with van der Waals surface area (Å²) < 4.78 is 68.0. The van der Waals surface area contributed by atoms with Crippen LogP contribution >= 0.6 is 0 Å². The van der Waals surface area contributed by atoms with Crippen molar-refractivity contribution in [1.82, 2.24) is 9.78 Å². The lowest BCUT2D eigenvalue weighted by atomic mass is 9.43. The lowest BCUT2D eigenvalue weighted by Gasteiger charge is -2.61. The molecular weight excluding hydrogens is 347 g/mol. The van der Waals surface area contributed by atoms with Gasteiger partial charge in [-0.25, -0.2) is 13.6 Å². The summed E-state index contributed by atoms with van der Waals surface area (Å²) in [4.78, 5) is 11.6. The number of hydrogen-bond donors (Lipinski definition) is 1. The van der Waals surface area contributed by atoms with Crippen LogP contribution < -0.4 is 0 Å². The minimum absolute atomic E-state index is 0.213. The predicted molar refractivity (Wildman–Crippen MR) is 75.5 cm³/mol. The number of hydrogen-bond acceptors (Lipinski definition) is 2. The summed E-state index contributed by atoms with van der Waals surface area (Å²) in [5, 5.41) is 13.4. The first kappa shape index (κ1) is 16.8. The van der Waals surface area contributed by atoms with Crippen LogP contribution in [0.4, 0.5) is 22.0 Å². The Morgan fingerprint density at radius 1 is 1.28 bits per heavy atom.